The van der Waals surface area contributed by atoms with Gasteiger partial charge < -0.3 is 0 Å². The lowest BCUT2D eigenvalue weighted by molar-refractivity contribution is 0.628. The molecule has 1 aromatic heterocycles. The number of pyridine rings is 1. The van der Waals surface area contributed by atoms with Crippen molar-refractivity contribution in [1.29, 1.82) is 0 Å². The van der Waals surface area contributed by atoms with Crippen LogP contribution in [0.5, 0.6) is 0 Å². The van der Waals surface area contributed by atoms with Gasteiger partial charge >= 0.3 is 0 Å². The average molecular weight is 222 g/mol. The second-order valence-corrected chi connectivity index (χ2v) is 3.67. The molecule has 0 aliphatic carbocycles. The van der Waals surface area contributed by atoms with Crippen molar-refractivity contribution < 1.29 is 4.39 Å². The van der Waals surface area contributed by atoms with Gasteiger partial charge in [0.05, 0.1) is 5.02 Å². The molecule has 15 heavy (non-hydrogen) atoms. The van der Waals surface area contributed by atoms with Crippen molar-refractivity contribution in [3.63, 3.8) is 0 Å². The lowest BCUT2D eigenvalue weighted by Gasteiger charge is -2.05. The molecule has 0 unspecified atom stereocenters. The van der Waals surface area contributed by atoms with Gasteiger partial charge in [-0.2, -0.15) is 0 Å². The largest absolute Gasteiger partial charge is 0.261 e. The second kappa shape index (κ2) is 3.99. The van der Waals surface area contributed by atoms with Crippen LogP contribution in [0.15, 0.2) is 36.5 Å². The van der Waals surface area contributed by atoms with Crippen LogP contribution in [0.2, 0.25) is 5.02 Å². The van der Waals surface area contributed by atoms with Gasteiger partial charge in [-0.1, -0.05) is 23.7 Å². The van der Waals surface area contributed by atoms with Crippen LogP contribution in [0.25, 0.3) is 11.1 Å². The van der Waals surface area contributed by atoms with Gasteiger partial charge in [0.25, 0.3) is 0 Å². The zero-order valence-electron chi connectivity index (χ0n) is 8.17. The molecule has 0 aliphatic rings. The molecule has 0 bridgehead atoms. The monoisotopic (exact) mass is 221 g/mol. The molecule has 2 aromatic rings. The van der Waals surface area contributed by atoms with Gasteiger partial charge in [0.2, 0.25) is 0 Å². The smallest absolute Gasteiger partial charge is 0.141 e. The van der Waals surface area contributed by atoms with Crippen molar-refractivity contribution >= 4 is 11.6 Å². The number of rotatable bonds is 1. The maximum Gasteiger partial charge on any atom is 0.141 e. The van der Waals surface area contributed by atoms with E-state index in [1.165, 1.54) is 6.07 Å². The van der Waals surface area contributed by atoms with E-state index in [-0.39, 0.29) is 5.02 Å². The van der Waals surface area contributed by atoms with Gasteiger partial charge in [0.1, 0.15) is 5.82 Å². The molecule has 2 rings (SSSR count). The van der Waals surface area contributed by atoms with Crippen LogP contribution in [-0.4, -0.2) is 4.98 Å². The molecule has 1 heterocycles. The van der Waals surface area contributed by atoms with Crippen molar-refractivity contribution in [3.05, 3.63) is 53.1 Å². The molecular formula is C12H9ClFN. The summed E-state index contributed by atoms with van der Waals surface area (Å²) in [6.07, 6.45) is 1.73. The fourth-order valence-corrected chi connectivity index (χ4v) is 1.63. The summed E-state index contributed by atoms with van der Waals surface area (Å²) in [7, 11) is 0. The van der Waals surface area contributed by atoms with Crippen LogP contribution < -0.4 is 0 Å². The molecule has 0 amide bonds. The topological polar surface area (TPSA) is 12.9 Å². The van der Waals surface area contributed by atoms with Crippen LogP contribution in [0.3, 0.4) is 0 Å². The summed E-state index contributed by atoms with van der Waals surface area (Å²) in [5.41, 5.74) is 2.76. The van der Waals surface area contributed by atoms with Crippen molar-refractivity contribution in [3.8, 4) is 11.1 Å². The van der Waals surface area contributed by atoms with Crippen LogP contribution in [0, 0.1) is 12.7 Å². The third-order valence-corrected chi connectivity index (χ3v) is 2.53. The highest BCUT2D eigenvalue weighted by molar-refractivity contribution is 6.31. The third kappa shape index (κ3) is 2.00. The van der Waals surface area contributed by atoms with Crippen LogP contribution in [0.1, 0.15) is 5.69 Å². The minimum absolute atomic E-state index is 0.135. The fraction of sp³-hybridized carbons (Fsp3) is 0.0833. The predicted octanol–water partition coefficient (Wildman–Crippen LogP) is 3.85. The summed E-state index contributed by atoms with van der Waals surface area (Å²) in [6.45, 7) is 1.91. The van der Waals surface area contributed by atoms with Crippen LogP contribution >= 0.6 is 11.6 Å². The van der Waals surface area contributed by atoms with Gasteiger partial charge in [0.15, 0.2) is 0 Å². The predicted molar refractivity (Wildman–Crippen MR) is 59.4 cm³/mol. The zero-order chi connectivity index (χ0) is 10.8. The van der Waals surface area contributed by atoms with E-state index in [4.69, 9.17) is 11.6 Å². The molecule has 0 saturated carbocycles. The fourth-order valence-electron chi connectivity index (χ4n) is 1.45. The third-order valence-electron chi connectivity index (χ3n) is 2.24. The van der Waals surface area contributed by atoms with E-state index in [1.54, 1.807) is 18.3 Å². The summed E-state index contributed by atoms with van der Waals surface area (Å²) < 4.78 is 13.0. The Morgan fingerprint density at radius 1 is 1.27 bits per heavy atom. The van der Waals surface area contributed by atoms with Gasteiger partial charge in [-0.05, 0) is 30.7 Å². The van der Waals surface area contributed by atoms with Crippen LogP contribution in [-0.2, 0) is 0 Å². The molecular weight excluding hydrogens is 213 g/mol. The van der Waals surface area contributed by atoms with E-state index in [0.717, 1.165) is 16.8 Å². The van der Waals surface area contributed by atoms with Gasteiger partial charge in [0, 0.05) is 17.5 Å². The van der Waals surface area contributed by atoms with Crippen molar-refractivity contribution in [2.45, 2.75) is 6.92 Å². The first-order valence-corrected chi connectivity index (χ1v) is 4.93. The standard InChI is InChI=1S/C12H9ClFN/c1-8-10(3-2-6-15-8)9-4-5-12(14)11(13)7-9/h2-7H,1H3. The number of hydrogen-bond acceptors (Lipinski definition) is 1. The first-order chi connectivity index (χ1) is 7.18. The highest BCUT2D eigenvalue weighted by Crippen LogP contribution is 2.26. The van der Waals surface area contributed by atoms with E-state index in [0.29, 0.717) is 0 Å². The summed E-state index contributed by atoms with van der Waals surface area (Å²) in [4.78, 5) is 4.17. The summed E-state index contributed by atoms with van der Waals surface area (Å²) >= 11 is 5.72. The highest BCUT2D eigenvalue weighted by Gasteiger charge is 2.05. The molecule has 1 aromatic carbocycles. The molecule has 0 atom stereocenters. The van der Waals surface area contributed by atoms with Crippen molar-refractivity contribution in [1.82, 2.24) is 4.98 Å². The Morgan fingerprint density at radius 3 is 2.73 bits per heavy atom. The van der Waals surface area contributed by atoms with Gasteiger partial charge in [-0.25, -0.2) is 4.39 Å². The SMILES string of the molecule is Cc1ncccc1-c1ccc(F)c(Cl)c1. The Morgan fingerprint density at radius 2 is 2.07 bits per heavy atom. The van der Waals surface area contributed by atoms with E-state index in [1.807, 2.05) is 19.1 Å². The van der Waals surface area contributed by atoms with E-state index >= 15 is 0 Å². The molecule has 1 nitrogen and oxygen atoms in total. The number of aromatic nitrogens is 1. The number of hydrogen-bond donors (Lipinski definition) is 0. The Labute approximate surface area is 92.5 Å². The quantitative estimate of drug-likeness (QED) is 0.713. The van der Waals surface area contributed by atoms with Crippen molar-refractivity contribution in [2.24, 2.45) is 0 Å². The molecule has 3 heteroatoms. The Kier molecular flexibility index (Phi) is 2.69. The molecule has 0 N–H and O–H groups in total. The normalized spacial score (nSPS) is 10.3. The maximum atomic E-state index is 13.0. The molecule has 76 valence electrons. The Hall–Kier alpha value is -1.41. The highest BCUT2D eigenvalue weighted by atomic mass is 35.5. The number of nitrogens with zero attached hydrogens (tertiary/aromatic N) is 1. The van der Waals surface area contributed by atoms with Gasteiger partial charge in [-0.3, -0.25) is 4.98 Å². The molecule has 0 fully saturated rings. The average Bonchev–Trinajstić information content (AvgIpc) is 2.23. The first-order valence-electron chi connectivity index (χ1n) is 4.55. The summed E-state index contributed by atoms with van der Waals surface area (Å²) in [5.74, 6) is -0.401. The maximum absolute atomic E-state index is 13.0. The Balaban J connectivity index is 2.55. The minimum atomic E-state index is -0.401. The number of aryl methyl sites for hydroxylation is 1. The molecule has 0 radical (unpaired) electrons. The van der Waals surface area contributed by atoms with E-state index in [2.05, 4.69) is 4.98 Å². The Bertz CT molecular complexity index is 497. The number of benzene rings is 1. The van der Waals surface area contributed by atoms with E-state index in [9.17, 15) is 4.39 Å². The number of halogens is 2. The van der Waals surface area contributed by atoms with Crippen molar-refractivity contribution in [2.75, 3.05) is 0 Å². The van der Waals surface area contributed by atoms with E-state index < -0.39 is 5.82 Å². The molecule has 0 saturated heterocycles. The lowest BCUT2D eigenvalue weighted by atomic mass is 10.0. The first kappa shape index (κ1) is 10.1. The summed E-state index contributed by atoms with van der Waals surface area (Å²) in [5, 5.41) is 0.135. The minimum Gasteiger partial charge on any atom is -0.261 e. The summed E-state index contributed by atoms with van der Waals surface area (Å²) in [6, 6.07) is 8.46. The zero-order valence-corrected chi connectivity index (χ0v) is 8.92. The lowest BCUT2D eigenvalue weighted by Crippen LogP contribution is -1.87. The van der Waals surface area contributed by atoms with Crippen LogP contribution in [0.4, 0.5) is 4.39 Å². The second-order valence-electron chi connectivity index (χ2n) is 3.27. The molecule has 0 aliphatic heterocycles. The molecule has 0 spiro atoms. The van der Waals surface area contributed by atoms with Gasteiger partial charge in [-0.15, -0.1) is 0 Å².